The van der Waals surface area contributed by atoms with Crippen LogP contribution in [-0.2, 0) is 9.59 Å². The van der Waals surface area contributed by atoms with Gasteiger partial charge in [-0.3, -0.25) is 4.79 Å². The van der Waals surface area contributed by atoms with Crippen LogP contribution < -0.4 is 10.2 Å². The Bertz CT molecular complexity index is 557. The van der Waals surface area contributed by atoms with E-state index in [4.69, 9.17) is 16.7 Å². The molecule has 6 heteroatoms. The van der Waals surface area contributed by atoms with Crippen molar-refractivity contribution in [3.05, 3.63) is 34.9 Å². The number of nitrogens with zero attached hydrogens (tertiary/aromatic N) is 1. The number of hydrogen-bond acceptors (Lipinski definition) is 3. The van der Waals surface area contributed by atoms with Gasteiger partial charge in [-0.15, -0.1) is 0 Å². The second-order valence-electron chi connectivity index (χ2n) is 4.50. The number of amides is 1. The Morgan fingerprint density at radius 3 is 3.00 bits per heavy atom. The van der Waals surface area contributed by atoms with Gasteiger partial charge in [-0.2, -0.15) is 0 Å². The van der Waals surface area contributed by atoms with Gasteiger partial charge in [0.15, 0.2) is 0 Å². The van der Waals surface area contributed by atoms with Gasteiger partial charge in [-0.1, -0.05) is 17.7 Å². The van der Waals surface area contributed by atoms with E-state index in [1.165, 1.54) is 6.08 Å². The molecule has 1 aliphatic rings. The highest BCUT2D eigenvalue weighted by molar-refractivity contribution is 6.31. The van der Waals surface area contributed by atoms with E-state index in [1.54, 1.807) is 18.2 Å². The van der Waals surface area contributed by atoms with Crippen molar-refractivity contribution in [3.63, 3.8) is 0 Å². The fourth-order valence-corrected chi connectivity index (χ4v) is 2.27. The van der Waals surface area contributed by atoms with Crippen molar-refractivity contribution in [2.75, 3.05) is 24.5 Å². The average Bonchev–Trinajstić information content (AvgIpc) is 2.61. The lowest BCUT2D eigenvalue weighted by molar-refractivity contribution is -0.131. The standard InChI is InChI=1S/C14H15ClN2O3/c15-11-4-2-10(3-5-14(19)20)12(8-11)17-7-1-6-16-13(18)9-17/h2-5,8H,1,6-7,9H2,(H,16,18)(H,19,20)/b5-3+. The second kappa shape index (κ2) is 6.43. The number of rotatable bonds is 3. The molecular weight excluding hydrogens is 280 g/mol. The van der Waals surface area contributed by atoms with Gasteiger partial charge in [0.1, 0.15) is 0 Å². The predicted molar refractivity (Wildman–Crippen MR) is 78.0 cm³/mol. The molecule has 106 valence electrons. The molecule has 0 bridgehead atoms. The summed E-state index contributed by atoms with van der Waals surface area (Å²) in [6, 6.07) is 5.20. The van der Waals surface area contributed by atoms with Crippen molar-refractivity contribution in [3.8, 4) is 0 Å². The first-order valence-electron chi connectivity index (χ1n) is 6.28. The van der Waals surface area contributed by atoms with Gasteiger partial charge in [-0.05, 0) is 30.2 Å². The summed E-state index contributed by atoms with van der Waals surface area (Å²) in [6.07, 6.45) is 3.42. The lowest BCUT2D eigenvalue weighted by Gasteiger charge is -2.23. The molecule has 2 N–H and O–H groups in total. The van der Waals surface area contributed by atoms with Crippen LogP contribution in [0.1, 0.15) is 12.0 Å². The van der Waals surface area contributed by atoms with Crippen LogP contribution in [0.2, 0.25) is 5.02 Å². The Labute approximate surface area is 121 Å². The first kappa shape index (κ1) is 14.4. The van der Waals surface area contributed by atoms with E-state index in [9.17, 15) is 9.59 Å². The van der Waals surface area contributed by atoms with E-state index in [0.717, 1.165) is 23.7 Å². The Hall–Kier alpha value is -2.01. The van der Waals surface area contributed by atoms with Gasteiger partial charge in [-0.25, -0.2) is 4.79 Å². The monoisotopic (exact) mass is 294 g/mol. The summed E-state index contributed by atoms with van der Waals surface area (Å²) in [6.45, 7) is 1.61. The van der Waals surface area contributed by atoms with Gasteiger partial charge in [0.05, 0.1) is 6.54 Å². The molecule has 0 aromatic heterocycles. The summed E-state index contributed by atoms with van der Waals surface area (Å²) in [5.74, 6) is -1.06. The Balaban J connectivity index is 2.34. The molecule has 1 amide bonds. The Morgan fingerprint density at radius 2 is 2.25 bits per heavy atom. The van der Waals surface area contributed by atoms with Gasteiger partial charge in [0, 0.05) is 29.9 Å². The van der Waals surface area contributed by atoms with Crippen molar-refractivity contribution >= 4 is 35.2 Å². The molecular formula is C14H15ClN2O3. The summed E-state index contributed by atoms with van der Waals surface area (Å²) in [7, 11) is 0. The minimum absolute atomic E-state index is 0.0457. The van der Waals surface area contributed by atoms with Crippen LogP contribution in [-0.4, -0.2) is 36.6 Å². The lowest BCUT2D eigenvalue weighted by atomic mass is 10.1. The highest BCUT2D eigenvalue weighted by Gasteiger charge is 2.17. The first-order valence-corrected chi connectivity index (χ1v) is 6.66. The molecule has 20 heavy (non-hydrogen) atoms. The number of carbonyl (C=O) groups excluding carboxylic acids is 1. The van der Waals surface area contributed by atoms with E-state index >= 15 is 0 Å². The molecule has 1 fully saturated rings. The average molecular weight is 295 g/mol. The van der Waals surface area contributed by atoms with Crippen LogP contribution in [0.25, 0.3) is 6.08 Å². The molecule has 1 saturated heterocycles. The Morgan fingerprint density at radius 1 is 1.45 bits per heavy atom. The van der Waals surface area contributed by atoms with Crippen molar-refractivity contribution in [2.24, 2.45) is 0 Å². The molecule has 0 unspecified atom stereocenters. The van der Waals surface area contributed by atoms with E-state index in [0.29, 0.717) is 18.1 Å². The lowest BCUT2D eigenvalue weighted by Crippen LogP contribution is -2.33. The maximum absolute atomic E-state index is 11.6. The topological polar surface area (TPSA) is 69.6 Å². The number of nitrogens with one attached hydrogen (secondary N) is 1. The summed E-state index contributed by atoms with van der Waals surface area (Å²) in [5, 5.41) is 12.1. The smallest absolute Gasteiger partial charge is 0.328 e. The van der Waals surface area contributed by atoms with Gasteiger partial charge in [0.25, 0.3) is 0 Å². The number of benzene rings is 1. The molecule has 1 heterocycles. The van der Waals surface area contributed by atoms with Gasteiger partial charge >= 0.3 is 5.97 Å². The number of carboxylic acids is 1. The molecule has 0 atom stereocenters. The SMILES string of the molecule is O=C(O)/C=C/c1ccc(Cl)cc1N1CCCNC(=O)C1. The van der Waals surface area contributed by atoms with Crippen LogP contribution in [0.3, 0.4) is 0 Å². The van der Waals surface area contributed by atoms with Gasteiger partial charge in [0.2, 0.25) is 5.91 Å². The van der Waals surface area contributed by atoms with E-state index in [-0.39, 0.29) is 12.5 Å². The maximum Gasteiger partial charge on any atom is 0.328 e. The number of carboxylic acid groups (broad SMARTS) is 1. The highest BCUT2D eigenvalue weighted by Crippen LogP contribution is 2.26. The largest absolute Gasteiger partial charge is 0.478 e. The van der Waals surface area contributed by atoms with E-state index in [2.05, 4.69) is 5.32 Å². The van der Waals surface area contributed by atoms with E-state index in [1.807, 2.05) is 4.90 Å². The minimum Gasteiger partial charge on any atom is -0.478 e. The fourth-order valence-electron chi connectivity index (χ4n) is 2.10. The molecule has 0 radical (unpaired) electrons. The third-order valence-electron chi connectivity index (χ3n) is 3.00. The molecule has 0 aliphatic carbocycles. The molecule has 0 saturated carbocycles. The number of hydrogen-bond donors (Lipinski definition) is 2. The quantitative estimate of drug-likeness (QED) is 0.834. The summed E-state index contributed by atoms with van der Waals surface area (Å²) in [5.41, 5.74) is 1.50. The molecule has 1 aliphatic heterocycles. The third kappa shape index (κ3) is 3.74. The third-order valence-corrected chi connectivity index (χ3v) is 3.24. The molecule has 1 aromatic carbocycles. The number of carbonyl (C=O) groups is 2. The minimum atomic E-state index is -1.01. The van der Waals surface area contributed by atoms with Crippen LogP contribution in [0.4, 0.5) is 5.69 Å². The maximum atomic E-state index is 11.6. The normalized spacial score (nSPS) is 16.1. The van der Waals surface area contributed by atoms with Crippen molar-refractivity contribution in [1.29, 1.82) is 0 Å². The van der Waals surface area contributed by atoms with Crippen LogP contribution in [0.15, 0.2) is 24.3 Å². The van der Waals surface area contributed by atoms with Crippen LogP contribution in [0.5, 0.6) is 0 Å². The molecule has 0 spiro atoms. The van der Waals surface area contributed by atoms with Gasteiger partial charge < -0.3 is 15.3 Å². The van der Waals surface area contributed by atoms with Crippen LogP contribution >= 0.6 is 11.6 Å². The van der Waals surface area contributed by atoms with Crippen molar-refractivity contribution in [1.82, 2.24) is 5.32 Å². The second-order valence-corrected chi connectivity index (χ2v) is 4.94. The zero-order valence-corrected chi connectivity index (χ0v) is 11.6. The highest BCUT2D eigenvalue weighted by atomic mass is 35.5. The Kier molecular flexibility index (Phi) is 4.63. The summed E-state index contributed by atoms with van der Waals surface area (Å²) >= 11 is 6.01. The zero-order valence-electron chi connectivity index (χ0n) is 10.8. The molecule has 5 nitrogen and oxygen atoms in total. The number of halogens is 1. The fraction of sp³-hybridized carbons (Fsp3) is 0.286. The first-order chi connectivity index (χ1) is 9.56. The zero-order chi connectivity index (χ0) is 14.5. The van der Waals surface area contributed by atoms with E-state index < -0.39 is 5.97 Å². The summed E-state index contributed by atoms with van der Waals surface area (Å²) < 4.78 is 0. The number of aliphatic carboxylic acids is 1. The van der Waals surface area contributed by atoms with Crippen LogP contribution in [0, 0.1) is 0 Å². The predicted octanol–water partition coefficient (Wildman–Crippen LogP) is 1.76. The molecule has 1 aromatic rings. The summed E-state index contributed by atoms with van der Waals surface area (Å²) in [4.78, 5) is 24.2. The van der Waals surface area contributed by atoms with Crippen molar-refractivity contribution in [2.45, 2.75) is 6.42 Å². The number of anilines is 1. The van der Waals surface area contributed by atoms with Crippen molar-refractivity contribution < 1.29 is 14.7 Å². The molecule has 2 rings (SSSR count).